The fraction of sp³-hybridized carbons (Fsp3) is 0.447. The van der Waals surface area contributed by atoms with Gasteiger partial charge in [0.15, 0.2) is 0 Å². The Balaban J connectivity index is 1.68. The molecule has 0 aliphatic carbocycles. The van der Waals surface area contributed by atoms with E-state index < -0.39 is 103 Å². The number of H-pyrrole nitrogens is 1. The van der Waals surface area contributed by atoms with Crippen molar-refractivity contribution in [2.24, 2.45) is 11.8 Å². The number of hydrogen-bond donors (Lipinski definition) is 9. The molecule has 2 heterocycles. The highest BCUT2D eigenvalue weighted by Gasteiger charge is 2.35. The monoisotopic (exact) mass is 746 g/mol. The van der Waals surface area contributed by atoms with E-state index in [9.17, 15) is 38.7 Å². The molecule has 16 heteroatoms. The van der Waals surface area contributed by atoms with Gasteiger partial charge in [-0.15, -0.1) is 0 Å². The number of hydrogen-bond acceptors (Lipinski definition) is 8. The normalized spacial score (nSPS) is 24.4. The van der Waals surface area contributed by atoms with Crippen LogP contribution in [0.1, 0.15) is 45.7 Å². The molecule has 1 saturated heterocycles. The molecule has 1 aliphatic heterocycles. The van der Waals surface area contributed by atoms with Crippen LogP contribution in [-0.4, -0.2) is 101 Å². The summed E-state index contributed by atoms with van der Waals surface area (Å²) >= 11 is 0. The van der Waals surface area contributed by atoms with Gasteiger partial charge < -0.3 is 47.3 Å². The maximum absolute atomic E-state index is 13.9. The summed E-state index contributed by atoms with van der Waals surface area (Å²) in [6, 6.07) is 8.72. The molecule has 2 aromatic carbocycles. The first kappa shape index (κ1) is 41.0. The third-order valence-electron chi connectivity index (χ3n) is 9.15. The summed E-state index contributed by atoms with van der Waals surface area (Å²) in [7, 11) is 0. The van der Waals surface area contributed by atoms with E-state index in [0.717, 1.165) is 10.9 Å². The fourth-order valence-electron chi connectivity index (χ4n) is 6.03. The standard InChI is InChI=1S/C38H50N8O8/c1-20(2)31-37(53)43-27(15-23-11-7-6-8-12-23)35(51)46-32(21(3)4)38(54)44-29(19-47)36(52)42-28(16-24-17-39-26-14-10-9-13-25(24)26)34(50)41-22(5)33(49)40-18-30(48)45-31/h6-14,17,20-22,27-29,31-32,39,47H,15-16,18-19H2,1-5H3,(H,40,49)(H,41,50)(H,42,52)(H,43,53)(H,44,54)(H,45,48)(H,46,51)/t22-,27-,28+,29+,31+,32+/m0/s1. The van der Waals surface area contributed by atoms with Crippen LogP contribution in [0.3, 0.4) is 0 Å². The predicted octanol–water partition coefficient (Wildman–Crippen LogP) is -0.684. The zero-order chi connectivity index (χ0) is 39.5. The first-order valence-corrected chi connectivity index (χ1v) is 18.0. The van der Waals surface area contributed by atoms with Gasteiger partial charge in [0.05, 0.1) is 13.2 Å². The van der Waals surface area contributed by atoms with Crippen molar-refractivity contribution in [1.82, 2.24) is 42.2 Å². The van der Waals surface area contributed by atoms with Gasteiger partial charge in [0, 0.05) is 29.9 Å². The number of fused-ring (bicyclic) bond motifs is 1. The molecular weight excluding hydrogens is 696 g/mol. The second-order valence-corrected chi connectivity index (χ2v) is 14.1. The van der Waals surface area contributed by atoms with Crippen LogP contribution in [-0.2, 0) is 46.4 Å². The average Bonchev–Trinajstić information content (AvgIpc) is 3.55. The molecule has 7 amide bonds. The van der Waals surface area contributed by atoms with Crippen molar-refractivity contribution in [3.8, 4) is 0 Å². The summed E-state index contributed by atoms with van der Waals surface area (Å²) in [5, 5.41) is 29.2. The van der Waals surface area contributed by atoms with Gasteiger partial charge in [-0.1, -0.05) is 76.2 Å². The number of nitrogens with one attached hydrogen (secondary N) is 8. The number of carbonyl (C=O) groups excluding carboxylic acids is 7. The molecule has 6 atom stereocenters. The lowest BCUT2D eigenvalue weighted by molar-refractivity contribution is -0.136. The van der Waals surface area contributed by atoms with Crippen molar-refractivity contribution in [2.45, 2.75) is 83.7 Å². The third kappa shape index (κ3) is 10.9. The minimum absolute atomic E-state index is 0.0322. The van der Waals surface area contributed by atoms with Crippen LogP contribution in [0.4, 0.5) is 0 Å². The van der Waals surface area contributed by atoms with Gasteiger partial charge in [0.2, 0.25) is 41.4 Å². The van der Waals surface area contributed by atoms with Gasteiger partial charge in [0.25, 0.3) is 0 Å². The number of carbonyl (C=O) groups is 7. The molecule has 290 valence electrons. The van der Waals surface area contributed by atoms with E-state index in [2.05, 4.69) is 42.2 Å². The lowest BCUT2D eigenvalue weighted by Crippen LogP contribution is -2.61. The Labute approximate surface area is 313 Å². The number of para-hydroxylation sites is 1. The first-order valence-electron chi connectivity index (χ1n) is 18.0. The van der Waals surface area contributed by atoms with Gasteiger partial charge in [-0.05, 0) is 36.0 Å². The highest BCUT2D eigenvalue weighted by Crippen LogP contribution is 2.19. The number of aliphatic hydroxyl groups is 1. The zero-order valence-electron chi connectivity index (χ0n) is 31.0. The Morgan fingerprint density at radius 2 is 1.15 bits per heavy atom. The van der Waals surface area contributed by atoms with Crippen LogP contribution in [0.5, 0.6) is 0 Å². The fourth-order valence-corrected chi connectivity index (χ4v) is 6.03. The Morgan fingerprint density at radius 1 is 0.611 bits per heavy atom. The second-order valence-electron chi connectivity index (χ2n) is 14.1. The Kier molecular flexibility index (Phi) is 14.3. The summed E-state index contributed by atoms with van der Waals surface area (Å²) in [5.41, 5.74) is 2.17. The molecule has 1 aromatic heterocycles. The van der Waals surface area contributed by atoms with E-state index in [0.29, 0.717) is 11.1 Å². The van der Waals surface area contributed by atoms with Gasteiger partial charge in [0.1, 0.15) is 36.3 Å². The van der Waals surface area contributed by atoms with E-state index >= 15 is 0 Å². The summed E-state index contributed by atoms with van der Waals surface area (Å²) in [5.74, 6) is -6.17. The maximum atomic E-state index is 13.9. The molecule has 54 heavy (non-hydrogen) atoms. The van der Waals surface area contributed by atoms with Crippen molar-refractivity contribution < 1.29 is 38.7 Å². The van der Waals surface area contributed by atoms with Crippen molar-refractivity contribution in [1.29, 1.82) is 0 Å². The topological polar surface area (TPSA) is 240 Å². The van der Waals surface area contributed by atoms with Crippen molar-refractivity contribution >= 4 is 52.3 Å². The Hall–Kier alpha value is -5.77. The van der Waals surface area contributed by atoms with Gasteiger partial charge in [-0.3, -0.25) is 33.6 Å². The molecule has 16 nitrogen and oxygen atoms in total. The number of aromatic nitrogens is 1. The SMILES string of the molecule is CC(C)[C@H]1NC(=O)CNC(=O)[C@H](C)NC(=O)[C@@H](Cc2c[nH]c3ccccc23)NC(=O)[C@@H](CO)NC(=O)[C@@H](C(C)C)NC(=O)[C@H](Cc2ccccc2)NC1=O. The number of aliphatic hydroxyl groups excluding tert-OH is 1. The highest BCUT2D eigenvalue weighted by atomic mass is 16.3. The van der Waals surface area contributed by atoms with Crippen molar-refractivity contribution in [3.05, 3.63) is 71.9 Å². The summed E-state index contributed by atoms with van der Waals surface area (Å²) in [6.45, 7) is 6.78. The predicted molar refractivity (Wildman–Crippen MR) is 199 cm³/mol. The van der Waals surface area contributed by atoms with Crippen molar-refractivity contribution in [2.75, 3.05) is 13.2 Å². The number of rotatable bonds is 7. The first-order chi connectivity index (χ1) is 25.7. The zero-order valence-corrected chi connectivity index (χ0v) is 31.0. The van der Waals surface area contributed by atoms with E-state index in [1.807, 2.05) is 24.3 Å². The summed E-state index contributed by atoms with van der Waals surface area (Å²) in [4.78, 5) is 97.6. The molecule has 0 spiro atoms. The highest BCUT2D eigenvalue weighted by molar-refractivity contribution is 5.98. The van der Waals surface area contributed by atoms with E-state index in [-0.39, 0.29) is 12.8 Å². The molecule has 1 aliphatic rings. The molecule has 4 rings (SSSR count). The molecule has 3 aromatic rings. The average molecular weight is 747 g/mol. The lowest BCUT2D eigenvalue weighted by Gasteiger charge is -2.29. The summed E-state index contributed by atoms with van der Waals surface area (Å²) in [6.07, 6.45) is 1.70. The molecule has 0 unspecified atom stereocenters. The van der Waals surface area contributed by atoms with Crippen molar-refractivity contribution in [3.63, 3.8) is 0 Å². The summed E-state index contributed by atoms with van der Waals surface area (Å²) < 4.78 is 0. The number of benzene rings is 2. The number of aromatic amines is 1. The van der Waals surface area contributed by atoms with E-state index in [1.54, 1.807) is 64.2 Å². The van der Waals surface area contributed by atoms with Crippen LogP contribution in [0.25, 0.3) is 10.9 Å². The van der Waals surface area contributed by atoms with Gasteiger partial charge >= 0.3 is 0 Å². The largest absolute Gasteiger partial charge is 0.394 e. The van der Waals surface area contributed by atoms with Crippen LogP contribution in [0.15, 0.2) is 60.8 Å². The second kappa shape index (κ2) is 18.8. The molecule has 0 bridgehead atoms. The van der Waals surface area contributed by atoms with Crippen LogP contribution in [0.2, 0.25) is 0 Å². The van der Waals surface area contributed by atoms with E-state index in [1.165, 1.54) is 6.92 Å². The minimum atomic E-state index is -1.53. The van der Waals surface area contributed by atoms with Gasteiger partial charge in [-0.25, -0.2) is 0 Å². The molecule has 9 N–H and O–H groups in total. The van der Waals surface area contributed by atoms with Crippen LogP contribution in [0, 0.1) is 11.8 Å². The minimum Gasteiger partial charge on any atom is -0.394 e. The lowest BCUT2D eigenvalue weighted by atomic mass is 9.99. The van der Waals surface area contributed by atoms with Crippen LogP contribution < -0.4 is 37.2 Å². The third-order valence-corrected chi connectivity index (χ3v) is 9.15. The smallest absolute Gasteiger partial charge is 0.245 e. The molecule has 1 fully saturated rings. The molecule has 0 radical (unpaired) electrons. The number of amides is 7. The Morgan fingerprint density at radius 3 is 1.80 bits per heavy atom. The quantitative estimate of drug-likeness (QED) is 0.150. The van der Waals surface area contributed by atoms with Gasteiger partial charge in [-0.2, -0.15) is 0 Å². The van der Waals surface area contributed by atoms with Crippen LogP contribution >= 0.6 is 0 Å². The maximum Gasteiger partial charge on any atom is 0.245 e. The molecular formula is C38H50N8O8. The van der Waals surface area contributed by atoms with E-state index in [4.69, 9.17) is 0 Å². The Bertz CT molecular complexity index is 1830. The molecule has 0 saturated carbocycles.